The zero-order valence-electron chi connectivity index (χ0n) is 8.06. The zero-order chi connectivity index (χ0) is 9.47. The van der Waals surface area contributed by atoms with Gasteiger partial charge in [0.05, 0.1) is 7.05 Å². The van der Waals surface area contributed by atoms with E-state index in [0.717, 1.165) is 12.2 Å². The predicted octanol–water partition coefficient (Wildman–Crippen LogP) is -0.120. The van der Waals surface area contributed by atoms with Gasteiger partial charge < -0.3 is 5.73 Å². The minimum atomic E-state index is 0.233. The minimum Gasteiger partial charge on any atom is -0.327 e. The summed E-state index contributed by atoms with van der Waals surface area (Å²) in [6.45, 7) is 2.06. The van der Waals surface area contributed by atoms with Gasteiger partial charge in [0.25, 0.3) is 0 Å². The molecule has 1 unspecified atom stereocenters. The molecule has 0 radical (unpaired) electrons. The molecule has 0 saturated heterocycles. The van der Waals surface area contributed by atoms with Crippen LogP contribution >= 0.6 is 0 Å². The molecule has 1 aromatic rings. The lowest BCUT2D eigenvalue weighted by molar-refractivity contribution is 0.409. The predicted molar refractivity (Wildman–Crippen MR) is 47.8 cm³/mol. The molecule has 1 saturated carbocycles. The van der Waals surface area contributed by atoms with E-state index in [1.807, 2.05) is 0 Å². The van der Waals surface area contributed by atoms with Gasteiger partial charge in [-0.2, -0.15) is 4.80 Å². The normalized spacial score (nSPS) is 21.5. The Morgan fingerprint density at radius 1 is 1.62 bits per heavy atom. The van der Waals surface area contributed by atoms with Crippen molar-refractivity contribution in [1.82, 2.24) is 20.2 Å². The van der Waals surface area contributed by atoms with Crippen molar-refractivity contribution >= 4 is 0 Å². The highest BCUT2D eigenvalue weighted by molar-refractivity contribution is 5.04. The van der Waals surface area contributed by atoms with Gasteiger partial charge in [-0.05, 0) is 30.4 Å². The van der Waals surface area contributed by atoms with E-state index in [1.165, 1.54) is 17.6 Å². The average Bonchev–Trinajstić information content (AvgIpc) is 2.72. The van der Waals surface area contributed by atoms with Gasteiger partial charge >= 0.3 is 0 Å². The minimum absolute atomic E-state index is 0.233. The molecule has 0 aliphatic heterocycles. The molecule has 1 aromatic heterocycles. The summed E-state index contributed by atoms with van der Waals surface area (Å²) in [5.74, 6) is 0.817. The van der Waals surface area contributed by atoms with Crippen LogP contribution in [0, 0.1) is 5.41 Å². The molecule has 2 N–H and O–H groups in total. The third-order valence-electron chi connectivity index (χ3n) is 2.92. The number of nitrogens with two attached hydrogens (primary N) is 1. The Morgan fingerprint density at radius 3 is 2.69 bits per heavy atom. The van der Waals surface area contributed by atoms with Crippen LogP contribution in [0.4, 0.5) is 0 Å². The maximum Gasteiger partial charge on any atom is 0.175 e. The summed E-state index contributed by atoms with van der Waals surface area (Å²) in [6.07, 6.45) is 3.27. The van der Waals surface area contributed by atoms with Crippen LogP contribution in [-0.2, 0) is 13.5 Å². The van der Waals surface area contributed by atoms with Crippen molar-refractivity contribution in [3.05, 3.63) is 5.82 Å². The van der Waals surface area contributed by atoms with Gasteiger partial charge in [0.2, 0.25) is 0 Å². The summed E-state index contributed by atoms with van der Waals surface area (Å²) in [4.78, 5) is 1.49. The van der Waals surface area contributed by atoms with Gasteiger partial charge in [-0.3, -0.25) is 0 Å². The molecule has 1 heterocycles. The third-order valence-corrected chi connectivity index (χ3v) is 2.92. The van der Waals surface area contributed by atoms with Crippen LogP contribution in [0.1, 0.15) is 25.6 Å². The number of tetrazole rings is 1. The van der Waals surface area contributed by atoms with Crippen LogP contribution in [0.5, 0.6) is 0 Å². The molecule has 0 bridgehead atoms. The van der Waals surface area contributed by atoms with Gasteiger partial charge in [0, 0.05) is 12.5 Å². The van der Waals surface area contributed by atoms with Gasteiger partial charge in [-0.1, -0.05) is 0 Å². The van der Waals surface area contributed by atoms with Gasteiger partial charge in [0.1, 0.15) is 0 Å². The Hall–Kier alpha value is -0.970. The van der Waals surface area contributed by atoms with Gasteiger partial charge in [-0.25, -0.2) is 0 Å². The first-order valence-corrected chi connectivity index (χ1v) is 4.61. The quantitative estimate of drug-likeness (QED) is 0.705. The monoisotopic (exact) mass is 181 g/mol. The van der Waals surface area contributed by atoms with E-state index in [2.05, 4.69) is 22.3 Å². The molecule has 2 rings (SSSR count). The fourth-order valence-electron chi connectivity index (χ4n) is 1.66. The van der Waals surface area contributed by atoms with Crippen molar-refractivity contribution in [2.75, 3.05) is 0 Å². The van der Waals surface area contributed by atoms with Crippen molar-refractivity contribution in [3.8, 4) is 0 Å². The van der Waals surface area contributed by atoms with Crippen molar-refractivity contribution < 1.29 is 0 Å². The van der Waals surface area contributed by atoms with E-state index in [9.17, 15) is 0 Å². The third kappa shape index (κ3) is 1.56. The Kier molecular flexibility index (Phi) is 1.83. The van der Waals surface area contributed by atoms with Gasteiger partial charge in [0.15, 0.2) is 5.82 Å². The second-order valence-electron chi connectivity index (χ2n) is 4.02. The van der Waals surface area contributed by atoms with E-state index in [4.69, 9.17) is 5.73 Å². The lowest BCUT2D eigenvalue weighted by Gasteiger charge is -2.16. The molecule has 1 aliphatic carbocycles. The maximum absolute atomic E-state index is 5.90. The zero-order valence-corrected chi connectivity index (χ0v) is 8.06. The summed E-state index contributed by atoms with van der Waals surface area (Å²) in [5, 5.41) is 11.9. The van der Waals surface area contributed by atoms with Crippen LogP contribution in [0.3, 0.4) is 0 Å². The van der Waals surface area contributed by atoms with Crippen molar-refractivity contribution in [2.24, 2.45) is 18.2 Å². The smallest absolute Gasteiger partial charge is 0.175 e. The molecule has 0 amide bonds. The first-order valence-electron chi connectivity index (χ1n) is 4.61. The lowest BCUT2D eigenvalue weighted by Crippen LogP contribution is -2.30. The van der Waals surface area contributed by atoms with E-state index >= 15 is 0 Å². The molecule has 1 fully saturated rings. The Balaban J connectivity index is 2.06. The van der Waals surface area contributed by atoms with Crippen molar-refractivity contribution in [2.45, 2.75) is 32.2 Å². The average molecular weight is 181 g/mol. The van der Waals surface area contributed by atoms with E-state index in [0.29, 0.717) is 0 Å². The molecule has 72 valence electrons. The number of hydrogen-bond acceptors (Lipinski definition) is 4. The highest BCUT2D eigenvalue weighted by atomic mass is 15.6. The molecular formula is C8H15N5. The second kappa shape index (κ2) is 2.77. The van der Waals surface area contributed by atoms with Crippen LogP contribution in [0.15, 0.2) is 0 Å². The first kappa shape index (κ1) is 8.62. The van der Waals surface area contributed by atoms with Crippen LogP contribution in [-0.4, -0.2) is 26.2 Å². The molecular weight excluding hydrogens is 166 g/mol. The van der Waals surface area contributed by atoms with Crippen molar-refractivity contribution in [1.29, 1.82) is 0 Å². The fraction of sp³-hybridized carbons (Fsp3) is 0.875. The molecule has 5 heteroatoms. The summed E-state index contributed by atoms with van der Waals surface area (Å²) >= 11 is 0. The fourth-order valence-corrected chi connectivity index (χ4v) is 1.66. The molecule has 0 aromatic carbocycles. The maximum atomic E-state index is 5.90. The number of hydrogen-bond donors (Lipinski definition) is 1. The Labute approximate surface area is 77.3 Å². The number of aromatic nitrogens is 4. The van der Waals surface area contributed by atoms with Crippen molar-refractivity contribution in [3.63, 3.8) is 0 Å². The largest absolute Gasteiger partial charge is 0.327 e. The summed E-state index contributed by atoms with van der Waals surface area (Å²) < 4.78 is 0. The van der Waals surface area contributed by atoms with Crippen LogP contribution < -0.4 is 5.73 Å². The first-order chi connectivity index (χ1) is 6.12. The number of nitrogens with zero attached hydrogens (tertiary/aromatic N) is 4. The summed E-state index contributed by atoms with van der Waals surface area (Å²) in [6, 6.07) is 0.233. The van der Waals surface area contributed by atoms with Crippen LogP contribution in [0.2, 0.25) is 0 Å². The Morgan fingerprint density at radius 2 is 2.31 bits per heavy atom. The van der Waals surface area contributed by atoms with E-state index in [1.54, 1.807) is 7.05 Å². The van der Waals surface area contributed by atoms with Gasteiger partial charge in [-0.15, -0.1) is 10.2 Å². The SMILES string of the molecule is CC(N)C1(Cc2nnn(C)n2)CC1. The topological polar surface area (TPSA) is 69.6 Å². The highest BCUT2D eigenvalue weighted by Gasteiger charge is 2.46. The summed E-state index contributed by atoms with van der Waals surface area (Å²) in [7, 11) is 1.78. The standard InChI is InChI=1S/C8H15N5/c1-6(9)8(3-4-8)5-7-10-12-13(2)11-7/h6H,3-5,9H2,1-2H3. The molecule has 0 spiro atoms. The highest BCUT2D eigenvalue weighted by Crippen LogP contribution is 2.49. The van der Waals surface area contributed by atoms with E-state index < -0.39 is 0 Å². The van der Waals surface area contributed by atoms with Crippen LogP contribution in [0.25, 0.3) is 0 Å². The molecule has 5 nitrogen and oxygen atoms in total. The lowest BCUT2D eigenvalue weighted by atomic mass is 9.94. The number of aryl methyl sites for hydroxylation is 1. The molecule has 13 heavy (non-hydrogen) atoms. The number of rotatable bonds is 3. The Bertz CT molecular complexity index is 299. The molecule has 1 aliphatic rings. The second-order valence-corrected chi connectivity index (χ2v) is 4.02. The molecule has 1 atom stereocenters. The van der Waals surface area contributed by atoms with E-state index in [-0.39, 0.29) is 11.5 Å². The summed E-state index contributed by atoms with van der Waals surface area (Å²) in [5.41, 5.74) is 6.17.